The first-order chi connectivity index (χ1) is 7.88. The predicted molar refractivity (Wildman–Crippen MR) is 57.1 cm³/mol. The van der Waals surface area contributed by atoms with E-state index in [4.69, 9.17) is 16.4 Å². The van der Waals surface area contributed by atoms with E-state index in [-0.39, 0.29) is 12.8 Å². The first-order valence-electron chi connectivity index (χ1n) is 4.87. The molecule has 0 aromatic heterocycles. The summed E-state index contributed by atoms with van der Waals surface area (Å²) in [5.74, 6) is -2.40. The molecule has 0 radical (unpaired) electrons. The SMILES string of the molecule is CC(N)C(=O)NC(CCC(=O)C=[N+]=[N-])C(=O)O. The van der Waals surface area contributed by atoms with Crippen LogP contribution in [0, 0.1) is 0 Å². The average molecular weight is 242 g/mol. The molecule has 0 bridgehead atoms. The van der Waals surface area contributed by atoms with Crippen LogP contribution in [0.2, 0.25) is 0 Å². The van der Waals surface area contributed by atoms with E-state index < -0.39 is 29.7 Å². The molecule has 8 heteroatoms. The Morgan fingerprint density at radius 2 is 2.12 bits per heavy atom. The number of nitrogens with one attached hydrogen (secondary N) is 1. The Morgan fingerprint density at radius 1 is 1.53 bits per heavy atom. The van der Waals surface area contributed by atoms with Crippen LogP contribution in [0.1, 0.15) is 19.8 Å². The first kappa shape index (κ1) is 14.9. The fourth-order valence-corrected chi connectivity index (χ4v) is 0.976. The molecule has 0 rings (SSSR count). The number of ketones is 1. The van der Waals surface area contributed by atoms with E-state index >= 15 is 0 Å². The lowest BCUT2D eigenvalue weighted by molar-refractivity contribution is -0.142. The molecule has 0 saturated carbocycles. The van der Waals surface area contributed by atoms with Crippen LogP contribution >= 0.6 is 0 Å². The van der Waals surface area contributed by atoms with Gasteiger partial charge < -0.3 is 21.7 Å². The zero-order valence-corrected chi connectivity index (χ0v) is 9.29. The molecular weight excluding hydrogens is 228 g/mol. The van der Waals surface area contributed by atoms with Gasteiger partial charge in [-0.05, 0) is 13.3 Å². The third-order valence-electron chi connectivity index (χ3n) is 1.91. The maximum absolute atomic E-state index is 11.2. The van der Waals surface area contributed by atoms with E-state index in [1.807, 2.05) is 0 Å². The first-order valence-corrected chi connectivity index (χ1v) is 4.87. The lowest BCUT2D eigenvalue weighted by atomic mass is 10.1. The summed E-state index contributed by atoms with van der Waals surface area (Å²) in [5, 5.41) is 11.0. The van der Waals surface area contributed by atoms with E-state index in [1.54, 1.807) is 0 Å². The molecule has 94 valence electrons. The summed E-state index contributed by atoms with van der Waals surface area (Å²) >= 11 is 0. The molecule has 0 spiro atoms. The van der Waals surface area contributed by atoms with Gasteiger partial charge in [0.2, 0.25) is 11.7 Å². The molecule has 2 unspecified atom stereocenters. The molecule has 1 amide bonds. The molecular formula is C9H14N4O4. The number of amides is 1. The van der Waals surface area contributed by atoms with Crippen molar-refractivity contribution in [2.75, 3.05) is 0 Å². The van der Waals surface area contributed by atoms with Crippen LogP contribution in [0.3, 0.4) is 0 Å². The molecule has 0 aliphatic carbocycles. The van der Waals surface area contributed by atoms with E-state index in [9.17, 15) is 14.4 Å². The van der Waals surface area contributed by atoms with Crippen LogP contribution in [0.5, 0.6) is 0 Å². The standard InChI is InChI=1S/C9H14N4O4/c1-5(10)8(15)13-7(9(16)17)3-2-6(14)4-12-11/h4-5,7H,2-3,10H2,1H3,(H,13,15)(H,16,17). The number of carbonyl (C=O) groups excluding carboxylic acids is 2. The van der Waals surface area contributed by atoms with E-state index in [0.717, 1.165) is 0 Å². The minimum Gasteiger partial charge on any atom is -0.480 e. The van der Waals surface area contributed by atoms with Crippen molar-refractivity contribution in [3.05, 3.63) is 5.53 Å². The number of hydrogen-bond donors (Lipinski definition) is 3. The monoisotopic (exact) mass is 242 g/mol. The number of carbonyl (C=O) groups is 3. The van der Waals surface area contributed by atoms with Crippen molar-refractivity contribution in [3.8, 4) is 0 Å². The van der Waals surface area contributed by atoms with Crippen molar-refractivity contribution in [2.24, 2.45) is 5.73 Å². The van der Waals surface area contributed by atoms with Gasteiger partial charge in [0.1, 0.15) is 6.04 Å². The molecule has 0 fully saturated rings. The van der Waals surface area contributed by atoms with Crippen LogP contribution in [-0.4, -0.2) is 45.9 Å². The van der Waals surface area contributed by atoms with Crippen LogP contribution in [0.15, 0.2) is 0 Å². The molecule has 4 N–H and O–H groups in total. The summed E-state index contributed by atoms with van der Waals surface area (Å²) in [6.45, 7) is 1.41. The van der Waals surface area contributed by atoms with Gasteiger partial charge in [0, 0.05) is 6.42 Å². The lowest BCUT2D eigenvalue weighted by Crippen LogP contribution is -2.47. The second-order valence-corrected chi connectivity index (χ2v) is 3.44. The molecule has 17 heavy (non-hydrogen) atoms. The Kier molecular flexibility index (Phi) is 6.39. The Bertz CT molecular complexity index is 360. The van der Waals surface area contributed by atoms with Crippen molar-refractivity contribution in [1.29, 1.82) is 0 Å². The Hall–Kier alpha value is -2.05. The highest BCUT2D eigenvalue weighted by molar-refractivity contribution is 6.25. The number of aliphatic carboxylic acids is 1. The fraction of sp³-hybridized carbons (Fsp3) is 0.556. The van der Waals surface area contributed by atoms with Gasteiger partial charge in [-0.15, -0.1) is 0 Å². The van der Waals surface area contributed by atoms with Gasteiger partial charge in [-0.2, -0.15) is 4.79 Å². The van der Waals surface area contributed by atoms with Crippen molar-refractivity contribution < 1.29 is 24.3 Å². The Balaban J connectivity index is 4.35. The average Bonchev–Trinajstić information content (AvgIpc) is 2.23. The number of Topliss-reactive ketones (excluding diaryl/α,β-unsaturated/α-hetero) is 1. The zero-order chi connectivity index (χ0) is 13.4. The third kappa shape index (κ3) is 6.18. The smallest absolute Gasteiger partial charge is 0.326 e. The minimum absolute atomic E-state index is 0.0986. The second kappa shape index (κ2) is 7.26. The number of carboxylic acid groups (broad SMARTS) is 1. The van der Waals surface area contributed by atoms with Crippen LogP contribution in [0.4, 0.5) is 0 Å². The fourth-order valence-electron chi connectivity index (χ4n) is 0.976. The molecule has 2 atom stereocenters. The maximum Gasteiger partial charge on any atom is 0.326 e. The number of nitrogens with zero attached hydrogens (tertiary/aromatic N) is 2. The third-order valence-corrected chi connectivity index (χ3v) is 1.91. The van der Waals surface area contributed by atoms with Gasteiger partial charge in [0.05, 0.1) is 6.04 Å². The second-order valence-electron chi connectivity index (χ2n) is 3.44. The Labute approximate surface area is 97.4 Å². The number of nitrogens with two attached hydrogens (primary N) is 1. The van der Waals surface area contributed by atoms with Crippen LogP contribution in [-0.2, 0) is 14.4 Å². The predicted octanol–water partition coefficient (Wildman–Crippen LogP) is -1.45. The highest BCUT2D eigenvalue weighted by atomic mass is 16.4. The summed E-state index contributed by atoms with van der Waals surface area (Å²) in [6, 6.07) is -2.02. The lowest BCUT2D eigenvalue weighted by Gasteiger charge is -2.14. The highest BCUT2D eigenvalue weighted by Crippen LogP contribution is 1.98. The summed E-state index contributed by atoms with van der Waals surface area (Å²) in [6.07, 6.45) is 0.422. The van der Waals surface area contributed by atoms with Gasteiger partial charge in [0.15, 0.2) is 0 Å². The van der Waals surface area contributed by atoms with Gasteiger partial charge in [0.25, 0.3) is 0 Å². The van der Waals surface area contributed by atoms with Crippen LogP contribution < -0.4 is 11.1 Å². The minimum atomic E-state index is -1.26. The largest absolute Gasteiger partial charge is 0.480 e. The maximum atomic E-state index is 11.2. The van der Waals surface area contributed by atoms with Gasteiger partial charge in [-0.3, -0.25) is 9.59 Å². The van der Waals surface area contributed by atoms with Crippen molar-refractivity contribution >= 4 is 23.9 Å². The molecule has 0 aromatic rings. The topological polar surface area (TPSA) is 146 Å². The van der Waals surface area contributed by atoms with E-state index in [0.29, 0.717) is 6.21 Å². The summed E-state index contributed by atoms with van der Waals surface area (Å²) in [7, 11) is 0. The van der Waals surface area contributed by atoms with E-state index in [2.05, 4.69) is 10.1 Å². The number of hydrogen-bond acceptors (Lipinski definition) is 4. The van der Waals surface area contributed by atoms with Gasteiger partial charge >= 0.3 is 12.2 Å². The molecule has 0 saturated heterocycles. The number of rotatable bonds is 7. The molecule has 0 aromatic carbocycles. The normalized spacial score (nSPS) is 13.1. The molecule has 0 aliphatic rings. The quantitative estimate of drug-likeness (QED) is 0.284. The zero-order valence-electron chi connectivity index (χ0n) is 9.29. The van der Waals surface area contributed by atoms with Crippen molar-refractivity contribution in [1.82, 2.24) is 5.32 Å². The summed E-state index contributed by atoms with van der Waals surface area (Å²) in [5.41, 5.74) is 13.3. The van der Waals surface area contributed by atoms with Gasteiger partial charge in [-0.1, -0.05) is 0 Å². The summed E-state index contributed by atoms with van der Waals surface area (Å²) < 4.78 is 0. The van der Waals surface area contributed by atoms with Crippen molar-refractivity contribution in [3.63, 3.8) is 0 Å². The highest BCUT2D eigenvalue weighted by Gasteiger charge is 2.22. The Morgan fingerprint density at radius 3 is 2.53 bits per heavy atom. The van der Waals surface area contributed by atoms with E-state index in [1.165, 1.54) is 6.92 Å². The van der Waals surface area contributed by atoms with Crippen molar-refractivity contribution in [2.45, 2.75) is 31.8 Å². The molecule has 0 aliphatic heterocycles. The molecule has 0 heterocycles. The van der Waals surface area contributed by atoms with Gasteiger partial charge in [-0.25, -0.2) is 4.79 Å². The summed E-state index contributed by atoms with van der Waals surface area (Å²) in [4.78, 5) is 35.4. The number of carboxylic acids is 1. The molecule has 8 nitrogen and oxygen atoms in total. The van der Waals surface area contributed by atoms with Crippen LogP contribution in [0.25, 0.3) is 5.53 Å².